The molecule has 0 spiro atoms. The minimum atomic E-state index is -3.25. The average Bonchev–Trinajstić information content (AvgIpc) is 2.09. The minimum absolute atomic E-state index is 0. The number of rotatable bonds is 8. The first-order valence-electron chi connectivity index (χ1n) is 5.08. The second-order valence-corrected chi connectivity index (χ2v) is 5.24. The quantitative estimate of drug-likeness (QED) is 0.399. The molecular formula is C9H24AlO3P. The molecule has 5 heteroatoms. The molecule has 3 nitrogen and oxygen atoms in total. The Bertz CT molecular complexity index is 164. The number of hydrogen-bond donors (Lipinski definition) is 1. The highest BCUT2D eigenvalue weighted by Crippen LogP contribution is 2.42. The average molecular weight is 238 g/mol. The van der Waals surface area contributed by atoms with Crippen molar-refractivity contribution in [3.63, 3.8) is 0 Å². The molecule has 0 aromatic heterocycles. The first-order valence-corrected chi connectivity index (χ1v) is 6.85. The van der Waals surface area contributed by atoms with E-state index < -0.39 is 7.60 Å². The number of unbranched alkanes of at least 4 members (excludes halogenated alkanes) is 3. The Kier molecular flexibility index (Phi) is 12.5. The molecule has 0 amide bonds. The summed E-state index contributed by atoms with van der Waals surface area (Å²) in [5.41, 5.74) is 0. The van der Waals surface area contributed by atoms with Crippen molar-refractivity contribution >= 4 is 25.0 Å². The van der Waals surface area contributed by atoms with Crippen molar-refractivity contribution in [1.29, 1.82) is 0 Å². The molecule has 0 radical (unpaired) electrons. The van der Waals surface area contributed by atoms with Gasteiger partial charge in [-0.1, -0.05) is 33.1 Å². The molecule has 1 atom stereocenters. The lowest BCUT2D eigenvalue weighted by atomic mass is 10.3. The van der Waals surface area contributed by atoms with Gasteiger partial charge >= 0.3 is 7.60 Å². The smallest absolute Gasteiger partial charge is 0.324 e. The highest BCUT2D eigenvalue weighted by atomic mass is 31.2. The summed E-state index contributed by atoms with van der Waals surface area (Å²) >= 11 is 0. The van der Waals surface area contributed by atoms with Crippen LogP contribution in [0.3, 0.4) is 0 Å². The SMILES string of the molecule is CCCCCOP(=O)(O)CCCC.[AlH3]. The van der Waals surface area contributed by atoms with Crippen LogP contribution in [0.2, 0.25) is 0 Å². The Balaban J connectivity index is 0. The Labute approximate surface area is 97.9 Å². The van der Waals surface area contributed by atoms with Crippen LogP contribution in [-0.4, -0.2) is 35.0 Å². The van der Waals surface area contributed by atoms with Gasteiger partial charge < -0.3 is 9.42 Å². The minimum Gasteiger partial charge on any atom is -0.324 e. The monoisotopic (exact) mass is 238 g/mol. The zero-order valence-corrected chi connectivity index (χ0v) is 9.56. The van der Waals surface area contributed by atoms with Crippen LogP contribution < -0.4 is 0 Å². The topological polar surface area (TPSA) is 46.5 Å². The standard InChI is InChI=1S/C9H21O3P.Al.3H/c1-3-5-7-8-12-13(10,11)9-6-4-2;;;;/h3-9H2,1-2H3,(H,10,11);;;;. The highest BCUT2D eigenvalue weighted by Gasteiger charge is 2.17. The molecular weight excluding hydrogens is 214 g/mol. The van der Waals surface area contributed by atoms with Gasteiger partial charge in [0, 0.05) is 6.16 Å². The molecule has 0 aliphatic carbocycles. The third kappa shape index (κ3) is 10.8. The van der Waals surface area contributed by atoms with E-state index in [0.717, 1.165) is 32.1 Å². The Morgan fingerprint density at radius 3 is 2.21 bits per heavy atom. The van der Waals surface area contributed by atoms with Crippen LogP contribution >= 0.6 is 7.60 Å². The predicted octanol–water partition coefficient (Wildman–Crippen LogP) is 1.99. The Hall–Kier alpha value is 0.682. The van der Waals surface area contributed by atoms with Crippen LogP contribution in [0.15, 0.2) is 0 Å². The van der Waals surface area contributed by atoms with Gasteiger partial charge in [0.2, 0.25) is 0 Å². The largest absolute Gasteiger partial charge is 0.328 e. The van der Waals surface area contributed by atoms with Crippen LogP contribution in [0.1, 0.15) is 46.0 Å². The summed E-state index contributed by atoms with van der Waals surface area (Å²) < 4.78 is 16.2. The maximum atomic E-state index is 11.3. The second kappa shape index (κ2) is 10.2. The van der Waals surface area contributed by atoms with E-state index in [1.54, 1.807) is 0 Å². The van der Waals surface area contributed by atoms with E-state index in [1.165, 1.54) is 0 Å². The summed E-state index contributed by atoms with van der Waals surface area (Å²) in [6, 6.07) is 0. The normalized spacial score (nSPS) is 14.5. The first-order chi connectivity index (χ1) is 6.12. The van der Waals surface area contributed by atoms with Gasteiger partial charge in [0.15, 0.2) is 17.4 Å². The summed E-state index contributed by atoms with van der Waals surface area (Å²) in [5.74, 6) is 0. The molecule has 0 saturated heterocycles. The van der Waals surface area contributed by atoms with Crippen LogP contribution in [0.25, 0.3) is 0 Å². The zero-order valence-electron chi connectivity index (χ0n) is 8.66. The van der Waals surface area contributed by atoms with Crippen LogP contribution in [0.4, 0.5) is 0 Å². The molecule has 0 aromatic carbocycles. The summed E-state index contributed by atoms with van der Waals surface area (Å²) in [6.07, 6.45) is 5.05. The van der Waals surface area contributed by atoms with Gasteiger partial charge in [-0.3, -0.25) is 4.57 Å². The van der Waals surface area contributed by atoms with Gasteiger partial charge in [-0.05, 0) is 12.8 Å². The fourth-order valence-electron chi connectivity index (χ4n) is 0.982. The van der Waals surface area contributed by atoms with Crippen molar-refractivity contribution in [3.8, 4) is 0 Å². The van der Waals surface area contributed by atoms with Gasteiger partial charge in [-0.25, -0.2) is 0 Å². The van der Waals surface area contributed by atoms with Crippen LogP contribution in [0, 0.1) is 0 Å². The van der Waals surface area contributed by atoms with Gasteiger partial charge in [0.1, 0.15) is 0 Å². The van der Waals surface area contributed by atoms with Gasteiger partial charge in [0.05, 0.1) is 6.61 Å². The summed E-state index contributed by atoms with van der Waals surface area (Å²) in [7, 11) is -3.25. The summed E-state index contributed by atoms with van der Waals surface area (Å²) in [6.45, 7) is 4.51. The van der Waals surface area contributed by atoms with Gasteiger partial charge in [-0.15, -0.1) is 0 Å². The van der Waals surface area contributed by atoms with Crippen molar-refractivity contribution < 1.29 is 14.0 Å². The third-order valence-corrected chi connectivity index (χ3v) is 3.30. The second-order valence-electron chi connectivity index (χ2n) is 3.25. The van der Waals surface area contributed by atoms with Gasteiger partial charge in [0.25, 0.3) is 0 Å². The van der Waals surface area contributed by atoms with Crippen molar-refractivity contribution in [2.24, 2.45) is 0 Å². The fraction of sp³-hybridized carbons (Fsp3) is 1.00. The maximum Gasteiger partial charge on any atom is 0.328 e. The van der Waals surface area contributed by atoms with Crippen molar-refractivity contribution in [2.75, 3.05) is 12.8 Å². The van der Waals surface area contributed by atoms with Gasteiger partial charge in [-0.2, -0.15) is 0 Å². The third-order valence-electron chi connectivity index (χ3n) is 1.84. The first kappa shape index (κ1) is 17.1. The zero-order chi connectivity index (χ0) is 10.2. The van der Waals surface area contributed by atoms with E-state index in [4.69, 9.17) is 4.52 Å². The highest BCUT2D eigenvalue weighted by molar-refractivity contribution is 7.52. The molecule has 1 N–H and O–H groups in total. The maximum absolute atomic E-state index is 11.3. The molecule has 14 heavy (non-hydrogen) atoms. The van der Waals surface area contributed by atoms with Crippen molar-refractivity contribution in [3.05, 3.63) is 0 Å². The van der Waals surface area contributed by atoms with Crippen molar-refractivity contribution in [2.45, 2.75) is 46.0 Å². The molecule has 0 aliphatic rings. The molecule has 0 saturated carbocycles. The van der Waals surface area contributed by atoms with E-state index in [2.05, 4.69) is 6.92 Å². The van der Waals surface area contributed by atoms with Crippen LogP contribution in [-0.2, 0) is 9.09 Å². The lowest BCUT2D eigenvalue weighted by molar-refractivity contribution is 0.253. The lowest BCUT2D eigenvalue weighted by Gasteiger charge is -2.10. The van der Waals surface area contributed by atoms with E-state index >= 15 is 0 Å². The van der Waals surface area contributed by atoms with E-state index in [1.807, 2.05) is 6.92 Å². The molecule has 86 valence electrons. The molecule has 0 rings (SSSR count). The van der Waals surface area contributed by atoms with Crippen LogP contribution in [0.5, 0.6) is 0 Å². The lowest BCUT2D eigenvalue weighted by Crippen LogP contribution is -1.96. The molecule has 1 unspecified atom stereocenters. The van der Waals surface area contributed by atoms with Crippen molar-refractivity contribution in [1.82, 2.24) is 0 Å². The molecule has 0 fully saturated rings. The predicted molar refractivity (Wildman–Crippen MR) is 65.0 cm³/mol. The molecule has 0 heterocycles. The van der Waals surface area contributed by atoms with E-state index in [9.17, 15) is 9.46 Å². The Morgan fingerprint density at radius 1 is 1.14 bits per heavy atom. The van der Waals surface area contributed by atoms with E-state index in [-0.39, 0.29) is 17.4 Å². The summed E-state index contributed by atoms with van der Waals surface area (Å²) in [5, 5.41) is 0. The number of hydrogen-bond acceptors (Lipinski definition) is 2. The summed E-state index contributed by atoms with van der Waals surface area (Å²) in [4.78, 5) is 9.28. The molecule has 0 aromatic rings. The fourth-order valence-corrected chi connectivity index (χ4v) is 2.24. The molecule has 0 aliphatic heterocycles. The van der Waals surface area contributed by atoms with E-state index in [0.29, 0.717) is 12.8 Å². The Morgan fingerprint density at radius 2 is 1.71 bits per heavy atom. The molecule has 0 bridgehead atoms.